The summed E-state index contributed by atoms with van der Waals surface area (Å²) in [6.07, 6.45) is 0.133. The lowest BCUT2D eigenvalue weighted by molar-refractivity contribution is -0.145. The van der Waals surface area contributed by atoms with Crippen LogP contribution in [0.2, 0.25) is 0 Å². The number of hydrogen-bond acceptors (Lipinski definition) is 6. The second-order valence-corrected chi connectivity index (χ2v) is 6.83. The van der Waals surface area contributed by atoms with Gasteiger partial charge in [0.2, 0.25) is 0 Å². The highest BCUT2D eigenvalue weighted by Gasteiger charge is 2.39. The fraction of sp³-hybridized carbons (Fsp3) is 0.286. The second kappa shape index (κ2) is 6.99. The molecule has 0 saturated carbocycles. The third-order valence-corrected chi connectivity index (χ3v) is 4.79. The van der Waals surface area contributed by atoms with E-state index in [9.17, 15) is 4.79 Å². The van der Waals surface area contributed by atoms with E-state index < -0.39 is 5.66 Å². The first-order valence-electron chi connectivity index (χ1n) is 9.19. The zero-order chi connectivity index (χ0) is 19.7. The molecule has 28 heavy (non-hydrogen) atoms. The van der Waals surface area contributed by atoms with Crippen LogP contribution in [-0.4, -0.2) is 34.5 Å². The number of aromatic nitrogens is 3. The predicted molar refractivity (Wildman–Crippen MR) is 106 cm³/mol. The molecule has 3 aromatic rings. The Morgan fingerprint density at radius 2 is 1.93 bits per heavy atom. The molecule has 1 aromatic heterocycles. The summed E-state index contributed by atoms with van der Waals surface area (Å²) in [4.78, 5) is 17.0. The topological polar surface area (TPSA) is 78.3 Å². The van der Waals surface area contributed by atoms with Crippen molar-refractivity contribution in [2.75, 3.05) is 19.0 Å². The number of nitrogens with one attached hydrogen (secondary N) is 1. The van der Waals surface area contributed by atoms with Crippen molar-refractivity contribution in [1.82, 2.24) is 14.8 Å². The minimum atomic E-state index is -0.784. The van der Waals surface area contributed by atoms with Crippen LogP contribution in [0.25, 0.3) is 22.8 Å². The molecular weight excluding hydrogens is 356 g/mol. The quantitative estimate of drug-likeness (QED) is 0.683. The van der Waals surface area contributed by atoms with Gasteiger partial charge in [-0.05, 0) is 50.2 Å². The summed E-state index contributed by atoms with van der Waals surface area (Å²) in [6, 6.07) is 15.5. The highest BCUT2D eigenvalue weighted by molar-refractivity contribution is 5.79. The van der Waals surface area contributed by atoms with E-state index in [2.05, 4.69) is 5.32 Å². The highest BCUT2D eigenvalue weighted by atomic mass is 16.5. The molecule has 1 N–H and O–H groups in total. The molecule has 0 aliphatic carbocycles. The van der Waals surface area contributed by atoms with Gasteiger partial charge in [-0.3, -0.25) is 4.79 Å². The molecule has 1 aliphatic heterocycles. The van der Waals surface area contributed by atoms with E-state index in [1.54, 1.807) is 18.7 Å². The lowest BCUT2D eigenvalue weighted by atomic mass is 10.0. The largest absolute Gasteiger partial charge is 0.497 e. The van der Waals surface area contributed by atoms with Gasteiger partial charge in [-0.2, -0.15) is 0 Å². The van der Waals surface area contributed by atoms with Crippen LogP contribution in [0.3, 0.4) is 0 Å². The number of nitrogens with zero attached hydrogens (tertiary/aromatic N) is 3. The Bertz CT molecular complexity index is 1010. The van der Waals surface area contributed by atoms with Crippen molar-refractivity contribution in [3.05, 3.63) is 48.5 Å². The number of carbonyl (C=O) groups is 1. The Morgan fingerprint density at radius 1 is 1.18 bits per heavy atom. The van der Waals surface area contributed by atoms with E-state index in [4.69, 9.17) is 19.6 Å². The van der Waals surface area contributed by atoms with E-state index in [0.29, 0.717) is 18.3 Å². The average Bonchev–Trinajstić information content (AvgIpc) is 3.15. The summed E-state index contributed by atoms with van der Waals surface area (Å²) in [5.41, 5.74) is 1.94. The minimum absolute atomic E-state index is 0.133. The maximum atomic E-state index is 12.2. The monoisotopic (exact) mass is 378 g/mol. The lowest BCUT2D eigenvalue weighted by Crippen LogP contribution is -2.44. The number of anilines is 1. The normalized spacial score (nSPS) is 17.2. The number of para-hydroxylation sites is 1. The fourth-order valence-corrected chi connectivity index (χ4v) is 3.44. The molecule has 7 nitrogen and oxygen atoms in total. The van der Waals surface area contributed by atoms with Crippen molar-refractivity contribution in [2.24, 2.45) is 0 Å². The number of hydrogen-bond donors (Lipinski definition) is 1. The van der Waals surface area contributed by atoms with E-state index >= 15 is 0 Å². The van der Waals surface area contributed by atoms with Gasteiger partial charge in [0.15, 0.2) is 11.6 Å². The molecule has 2 heterocycles. The molecule has 1 aliphatic rings. The van der Waals surface area contributed by atoms with Gasteiger partial charge in [0.25, 0.3) is 0 Å². The zero-order valence-corrected chi connectivity index (χ0v) is 16.1. The molecule has 0 spiro atoms. The summed E-state index contributed by atoms with van der Waals surface area (Å²) >= 11 is 0. The SMILES string of the molecule is CCOC(=O)CC1(C)Nc2ccccc2-c2nc(-c3ccc(OC)cc3)nn21. The summed E-state index contributed by atoms with van der Waals surface area (Å²) in [6.45, 7) is 4.06. The smallest absolute Gasteiger partial charge is 0.310 e. The van der Waals surface area contributed by atoms with Crippen molar-refractivity contribution < 1.29 is 14.3 Å². The third-order valence-electron chi connectivity index (χ3n) is 4.79. The van der Waals surface area contributed by atoms with Crippen LogP contribution in [0.1, 0.15) is 20.3 Å². The molecule has 4 rings (SSSR count). The summed E-state index contributed by atoms with van der Waals surface area (Å²) in [5, 5.41) is 8.18. The van der Waals surface area contributed by atoms with Crippen LogP contribution in [0, 0.1) is 0 Å². The maximum absolute atomic E-state index is 12.2. The van der Waals surface area contributed by atoms with Crippen LogP contribution in [0.5, 0.6) is 5.75 Å². The summed E-state index contributed by atoms with van der Waals surface area (Å²) in [5.74, 6) is 1.79. The van der Waals surface area contributed by atoms with E-state index in [-0.39, 0.29) is 12.4 Å². The summed E-state index contributed by atoms with van der Waals surface area (Å²) in [7, 11) is 1.63. The molecule has 1 atom stereocenters. The Balaban J connectivity index is 1.81. The molecule has 0 amide bonds. The molecule has 144 valence electrons. The number of carbonyl (C=O) groups excluding carboxylic acids is 1. The van der Waals surface area contributed by atoms with E-state index in [0.717, 1.165) is 22.6 Å². The van der Waals surface area contributed by atoms with Crippen molar-refractivity contribution in [1.29, 1.82) is 0 Å². The highest BCUT2D eigenvalue weighted by Crippen LogP contribution is 2.39. The van der Waals surface area contributed by atoms with E-state index in [1.807, 2.05) is 55.5 Å². The van der Waals surface area contributed by atoms with Gasteiger partial charge in [-0.15, -0.1) is 5.10 Å². The van der Waals surface area contributed by atoms with Crippen molar-refractivity contribution in [3.63, 3.8) is 0 Å². The predicted octanol–water partition coefficient (Wildman–Crippen LogP) is 3.67. The molecule has 0 bridgehead atoms. The van der Waals surface area contributed by atoms with E-state index in [1.165, 1.54) is 0 Å². The number of methoxy groups -OCH3 is 1. The van der Waals surface area contributed by atoms with Gasteiger partial charge in [-0.25, -0.2) is 9.67 Å². The molecule has 0 radical (unpaired) electrons. The van der Waals surface area contributed by atoms with Gasteiger partial charge in [0.1, 0.15) is 11.4 Å². The average molecular weight is 378 g/mol. The number of rotatable bonds is 5. The van der Waals surface area contributed by atoms with Crippen LogP contribution in [0.15, 0.2) is 48.5 Å². The van der Waals surface area contributed by atoms with Gasteiger partial charge in [0.05, 0.1) is 20.1 Å². The van der Waals surface area contributed by atoms with Crippen molar-refractivity contribution in [2.45, 2.75) is 25.9 Å². The number of ether oxygens (including phenoxy) is 2. The molecule has 0 saturated heterocycles. The van der Waals surface area contributed by atoms with Gasteiger partial charge < -0.3 is 14.8 Å². The number of benzene rings is 2. The van der Waals surface area contributed by atoms with Crippen LogP contribution in [0.4, 0.5) is 5.69 Å². The molecule has 1 unspecified atom stereocenters. The van der Waals surface area contributed by atoms with Gasteiger partial charge in [-0.1, -0.05) is 12.1 Å². The van der Waals surface area contributed by atoms with Crippen molar-refractivity contribution >= 4 is 11.7 Å². The molecule has 7 heteroatoms. The van der Waals surface area contributed by atoms with Crippen LogP contribution < -0.4 is 10.1 Å². The lowest BCUT2D eigenvalue weighted by Gasteiger charge is -2.36. The zero-order valence-electron chi connectivity index (χ0n) is 16.1. The number of esters is 1. The Hall–Kier alpha value is -3.35. The Kier molecular flexibility index (Phi) is 4.50. The molecule has 0 fully saturated rings. The fourth-order valence-electron chi connectivity index (χ4n) is 3.44. The minimum Gasteiger partial charge on any atom is -0.497 e. The second-order valence-electron chi connectivity index (χ2n) is 6.83. The molecule has 2 aromatic carbocycles. The maximum Gasteiger partial charge on any atom is 0.310 e. The van der Waals surface area contributed by atoms with Gasteiger partial charge >= 0.3 is 5.97 Å². The third kappa shape index (κ3) is 3.09. The first kappa shape index (κ1) is 18.0. The van der Waals surface area contributed by atoms with Crippen LogP contribution >= 0.6 is 0 Å². The standard InChI is InChI=1S/C21H22N4O3/c1-4-28-18(26)13-21(2)23-17-8-6-5-7-16(17)20-22-19(24-25(20)21)14-9-11-15(27-3)12-10-14/h5-12,23H,4,13H2,1-3H3. The first-order valence-corrected chi connectivity index (χ1v) is 9.19. The summed E-state index contributed by atoms with van der Waals surface area (Å²) < 4.78 is 12.2. The Labute approximate surface area is 163 Å². The van der Waals surface area contributed by atoms with Gasteiger partial charge in [0, 0.05) is 16.8 Å². The van der Waals surface area contributed by atoms with Crippen LogP contribution in [-0.2, 0) is 15.2 Å². The first-order chi connectivity index (χ1) is 13.5. The molecular formula is C21H22N4O3. The Morgan fingerprint density at radius 3 is 2.64 bits per heavy atom. The van der Waals surface area contributed by atoms with Crippen molar-refractivity contribution in [3.8, 4) is 28.5 Å². The number of fused-ring (bicyclic) bond motifs is 3.